The molecule has 1 amide bonds. The Morgan fingerprint density at radius 1 is 1.03 bits per heavy atom. The fraction of sp³-hybridized carbons (Fsp3) is 0.276. The van der Waals surface area contributed by atoms with E-state index in [4.69, 9.17) is 5.73 Å². The van der Waals surface area contributed by atoms with Crippen LogP contribution in [-0.4, -0.2) is 58.9 Å². The van der Waals surface area contributed by atoms with Crippen molar-refractivity contribution in [2.45, 2.75) is 19.6 Å². The van der Waals surface area contributed by atoms with Crippen LogP contribution in [0.15, 0.2) is 60.8 Å². The second-order valence-electron chi connectivity index (χ2n) is 9.93. The maximum Gasteiger partial charge on any atom is 0.416 e. The molecule has 1 saturated heterocycles. The van der Waals surface area contributed by atoms with Gasteiger partial charge in [-0.15, -0.1) is 0 Å². The van der Waals surface area contributed by atoms with Gasteiger partial charge in [-0.3, -0.25) is 9.69 Å². The van der Waals surface area contributed by atoms with Gasteiger partial charge in [-0.25, -0.2) is 9.97 Å². The Labute approximate surface area is 224 Å². The van der Waals surface area contributed by atoms with Gasteiger partial charge in [0, 0.05) is 55.6 Å². The third-order valence-electron chi connectivity index (χ3n) is 7.08. The van der Waals surface area contributed by atoms with Crippen LogP contribution >= 0.6 is 0 Å². The molecule has 10 heteroatoms. The molecule has 0 bridgehead atoms. The van der Waals surface area contributed by atoms with Gasteiger partial charge in [0.05, 0.1) is 11.1 Å². The molecule has 0 saturated carbocycles. The number of carbonyl (C=O) groups excluding carboxylic acids is 1. The van der Waals surface area contributed by atoms with Crippen molar-refractivity contribution in [1.29, 1.82) is 0 Å². The van der Waals surface area contributed by atoms with Crippen LogP contribution in [-0.2, 0) is 12.7 Å². The summed E-state index contributed by atoms with van der Waals surface area (Å²) in [6.07, 6.45) is -2.88. The number of rotatable bonds is 5. The largest absolute Gasteiger partial charge is 0.416 e. The van der Waals surface area contributed by atoms with Crippen LogP contribution in [0.25, 0.3) is 22.0 Å². The normalized spacial score (nSPS) is 15.0. The number of nitrogens with zero attached hydrogens (tertiary/aromatic N) is 4. The molecule has 2 heterocycles. The van der Waals surface area contributed by atoms with Crippen molar-refractivity contribution in [2.75, 3.05) is 44.3 Å². The highest BCUT2D eigenvalue weighted by atomic mass is 19.4. The zero-order chi connectivity index (χ0) is 27.7. The summed E-state index contributed by atoms with van der Waals surface area (Å²) in [6, 6.07) is 14.4. The van der Waals surface area contributed by atoms with E-state index in [-0.39, 0.29) is 11.6 Å². The lowest BCUT2D eigenvalue weighted by atomic mass is 9.96. The number of aromatic nitrogens is 2. The number of alkyl halides is 3. The molecule has 0 spiro atoms. The van der Waals surface area contributed by atoms with Crippen molar-refractivity contribution in [3.05, 3.63) is 83.0 Å². The molecule has 202 valence electrons. The molecule has 5 rings (SSSR count). The Morgan fingerprint density at radius 3 is 2.54 bits per heavy atom. The summed E-state index contributed by atoms with van der Waals surface area (Å²) in [5.74, 6) is -0.293. The second-order valence-corrected chi connectivity index (χ2v) is 9.93. The number of anilines is 2. The first-order valence-electron chi connectivity index (χ1n) is 12.6. The number of aryl methyl sites for hydroxylation is 1. The van der Waals surface area contributed by atoms with E-state index in [1.165, 1.54) is 6.07 Å². The number of likely N-dealkylation sites (N-methyl/N-ethyl adjacent to an activating group) is 1. The minimum absolute atomic E-state index is 0.163. The van der Waals surface area contributed by atoms with Gasteiger partial charge in [0.15, 0.2) is 0 Å². The van der Waals surface area contributed by atoms with Gasteiger partial charge in [-0.05, 0) is 72.6 Å². The molecule has 1 aromatic heterocycles. The standard InChI is InChI=1S/C29H29F3N6O/c1-18-3-4-20(14-24(18)19-6-8-25-22(13-19)16-34-28(33)36-25)27(39)35-26-15-23(29(30,31)32)7-5-21(26)17-38-11-9-37(2)10-12-38/h3-8,13-16H,9-12,17H2,1-2H3,(H,35,39)(H2,33,34,36). The molecule has 1 aliphatic heterocycles. The summed E-state index contributed by atoms with van der Waals surface area (Å²) in [6.45, 7) is 5.74. The third-order valence-corrected chi connectivity index (χ3v) is 7.08. The van der Waals surface area contributed by atoms with Crippen LogP contribution in [0.5, 0.6) is 0 Å². The number of fused-ring (bicyclic) bond motifs is 1. The van der Waals surface area contributed by atoms with Crippen molar-refractivity contribution in [3.63, 3.8) is 0 Å². The lowest BCUT2D eigenvalue weighted by Gasteiger charge is -2.32. The fourth-order valence-electron chi connectivity index (χ4n) is 4.74. The molecule has 7 nitrogen and oxygen atoms in total. The highest BCUT2D eigenvalue weighted by Gasteiger charge is 2.31. The lowest BCUT2D eigenvalue weighted by Crippen LogP contribution is -2.44. The van der Waals surface area contributed by atoms with Crippen LogP contribution < -0.4 is 11.1 Å². The predicted octanol–water partition coefficient (Wildman–Crippen LogP) is 5.21. The number of hydrogen-bond donors (Lipinski definition) is 2. The number of benzene rings is 3. The Balaban J connectivity index is 1.44. The van der Waals surface area contributed by atoms with Gasteiger partial charge in [0.2, 0.25) is 5.95 Å². The first kappa shape index (κ1) is 26.6. The Hall–Kier alpha value is -4.02. The van der Waals surface area contributed by atoms with Crippen molar-refractivity contribution in [2.24, 2.45) is 0 Å². The summed E-state index contributed by atoms with van der Waals surface area (Å²) in [5.41, 5.74) is 9.35. The van der Waals surface area contributed by atoms with Gasteiger partial charge in [0.25, 0.3) is 5.91 Å². The van der Waals surface area contributed by atoms with E-state index in [1.807, 2.05) is 38.2 Å². The zero-order valence-electron chi connectivity index (χ0n) is 21.7. The molecule has 3 aromatic carbocycles. The minimum atomic E-state index is -4.52. The van der Waals surface area contributed by atoms with E-state index >= 15 is 0 Å². The molecule has 0 atom stereocenters. The molecule has 0 radical (unpaired) electrons. The van der Waals surface area contributed by atoms with E-state index < -0.39 is 17.6 Å². The van der Waals surface area contributed by atoms with Crippen molar-refractivity contribution in [3.8, 4) is 11.1 Å². The highest BCUT2D eigenvalue weighted by molar-refractivity contribution is 6.05. The monoisotopic (exact) mass is 534 g/mol. The van der Waals surface area contributed by atoms with Crippen LogP contribution in [0, 0.1) is 6.92 Å². The van der Waals surface area contributed by atoms with E-state index in [1.54, 1.807) is 18.3 Å². The topological polar surface area (TPSA) is 87.4 Å². The zero-order valence-corrected chi connectivity index (χ0v) is 21.7. The van der Waals surface area contributed by atoms with Gasteiger partial charge < -0.3 is 16.0 Å². The highest BCUT2D eigenvalue weighted by Crippen LogP contribution is 2.33. The summed E-state index contributed by atoms with van der Waals surface area (Å²) in [7, 11) is 2.04. The van der Waals surface area contributed by atoms with Crippen LogP contribution in [0.3, 0.4) is 0 Å². The van der Waals surface area contributed by atoms with Gasteiger partial charge in [-0.2, -0.15) is 13.2 Å². The summed E-state index contributed by atoms with van der Waals surface area (Å²) in [4.78, 5) is 26.0. The number of halogens is 3. The Bertz CT molecular complexity index is 1530. The number of nitrogens with two attached hydrogens (primary N) is 1. The number of hydrogen-bond acceptors (Lipinski definition) is 6. The van der Waals surface area contributed by atoms with E-state index in [2.05, 4.69) is 25.1 Å². The molecular weight excluding hydrogens is 505 g/mol. The predicted molar refractivity (Wildman–Crippen MR) is 146 cm³/mol. The Kier molecular flexibility index (Phi) is 7.24. The summed E-state index contributed by atoms with van der Waals surface area (Å²) in [5, 5.41) is 3.56. The van der Waals surface area contributed by atoms with Gasteiger partial charge in [0.1, 0.15) is 0 Å². The quantitative estimate of drug-likeness (QED) is 0.366. The number of piperazine rings is 1. The molecule has 0 aliphatic carbocycles. The molecule has 4 aromatic rings. The minimum Gasteiger partial charge on any atom is -0.368 e. The third kappa shape index (κ3) is 6.02. The maximum atomic E-state index is 13.5. The first-order valence-corrected chi connectivity index (χ1v) is 12.6. The van der Waals surface area contributed by atoms with Crippen LogP contribution in [0.4, 0.5) is 24.8 Å². The van der Waals surface area contributed by atoms with Crippen molar-refractivity contribution in [1.82, 2.24) is 19.8 Å². The molecular formula is C29H29F3N6O. The Morgan fingerprint density at radius 2 is 1.79 bits per heavy atom. The summed E-state index contributed by atoms with van der Waals surface area (Å²) >= 11 is 0. The van der Waals surface area contributed by atoms with E-state index in [9.17, 15) is 18.0 Å². The number of nitrogen functional groups attached to an aromatic ring is 1. The van der Waals surface area contributed by atoms with Gasteiger partial charge >= 0.3 is 6.18 Å². The lowest BCUT2D eigenvalue weighted by molar-refractivity contribution is -0.137. The smallest absolute Gasteiger partial charge is 0.368 e. The number of amides is 1. The fourth-order valence-corrected chi connectivity index (χ4v) is 4.74. The first-order chi connectivity index (χ1) is 18.6. The van der Waals surface area contributed by atoms with Crippen LogP contribution in [0.2, 0.25) is 0 Å². The van der Waals surface area contributed by atoms with Crippen LogP contribution in [0.1, 0.15) is 27.0 Å². The van der Waals surface area contributed by atoms with E-state index in [0.29, 0.717) is 23.2 Å². The molecule has 39 heavy (non-hydrogen) atoms. The second kappa shape index (κ2) is 10.6. The van der Waals surface area contributed by atoms with E-state index in [0.717, 1.165) is 60.4 Å². The average molecular weight is 535 g/mol. The molecule has 1 aliphatic rings. The van der Waals surface area contributed by atoms with Gasteiger partial charge in [-0.1, -0.05) is 18.2 Å². The average Bonchev–Trinajstić information content (AvgIpc) is 2.90. The SMILES string of the molecule is Cc1ccc(C(=O)Nc2cc(C(F)(F)F)ccc2CN2CCN(C)CC2)cc1-c1ccc2nc(N)ncc2c1. The van der Waals surface area contributed by atoms with Crippen molar-refractivity contribution < 1.29 is 18.0 Å². The molecule has 1 fully saturated rings. The number of carbonyl (C=O) groups is 1. The molecule has 3 N–H and O–H groups in total. The summed E-state index contributed by atoms with van der Waals surface area (Å²) < 4.78 is 40.6. The maximum absolute atomic E-state index is 13.5. The molecule has 0 unspecified atom stereocenters. The number of nitrogens with one attached hydrogen (secondary N) is 1. The van der Waals surface area contributed by atoms with Crippen molar-refractivity contribution >= 4 is 28.4 Å².